The standard InChI is InChI=1S/C41H64O6/c1-13-24(2)33(43)44-31-32-41(23-42)26(20-34(31,3)4)25-14-15-28-37(9)18-17-29-38(10,22-35(5,6)45-29)27(37)16-19-39(28,11)40(25,12)21-30(41)46-36(7,8)47-32/h13-14,26-32,42H,15-23H2,1-12H3/b24-13+/t26-,27+,28+,29-,30+,31-,32-,37-,38+,39+,40+,41-/m0/s1. The Kier molecular flexibility index (Phi) is 7.43. The summed E-state index contributed by atoms with van der Waals surface area (Å²) in [6.45, 7) is 27.1. The third-order valence-electron chi connectivity index (χ3n) is 16.2. The van der Waals surface area contributed by atoms with Crippen LogP contribution in [0.5, 0.6) is 0 Å². The largest absolute Gasteiger partial charge is 0.456 e. The van der Waals surface area contributed by atoms with Crippen LogP contribution in [0.4, 0.5) is 0 Å². The van der Waals surface area contributed by atoms with Crippen LogP contribution in [-0.2, 0) is 23.7 Å². The van der Waals surface area contributed by atoms with Gasteiger partial charge in [0, 0.05) is 11.0 Å². The Morgan fingerprint density at radius 1 is 0.915 bits per heavy atom. The summed E-state index contributed by atoms with van der Waals surface area (Å²) in [5.41, 5.74) is 1.47. The van der Waals surface area contributed by atoms with Gasteiger partial charge in [0.2, 0.25) is 0 Å². The van der Waals surface area contributed by atoms with Crippen molar-refractivity contribution in [3.05, 3.63) is 23.3 Å². The molecule has 47 heavy (non-hydrogen) atoms. The molecule has 7 rings (SSSR count). The molecule has 1 N–H and O–H groups in total. The Morgan fingerprint density at radius 2 is 1.62 bits per heavy atom. The van der Waals surface area contributed by atoms with Crippen molar-refractivity contribution in [2.45, 2.75) is 170 Å². The van der Waals surface area contributed by atoms with Crippen LogP contribution >= 0.6 is 0 Å². The molecular weight excluding hydrogens is 588 g/mol. The first-order chi connectivity index (χ1) is 21.6. The Balaban J connectivity index is 1.32. The molecule has 2 saturated heterocycles. The van der Waals surface area contributed by atoms with Crippen LogP contribution in [0.2, 0.25) is 0 Å². The number of hydrogen-bond donors (Lipinski definition) is 1. The lowest BCUT2D eigenvalue weighted by Crippen LogP contribution is -2.76. The van der Waals surface area contributed by atoms with Crippen LogP contribution in [0.1, 0.15) is 134 Å². The first kappa shape index (κ1) is 34.2. The van der Waals surface area contributed by atoms with Crippen LogP contribution in [-0.4, -0.2) is 53.5 Å². The van der Waals surface area contributed by atoms with Gasteiger partial charge in [-0.15, -0.1) is 0 Å². The molecule has 264 valence electrons. The minimum absolute atomic E-state index is 0.0523. The van der Waals surface area contributed by atoms with Crippen molar-refractivity contribution in [3.8, 4) is 0 Å². The number of hydrogen-bond acceptors (Lipinski definition) is 6. The van der Waals surface area contributed by atoms with E-state index in [0.29, 0.717) is 23.5 Å². The molecule has 0 aromatic heterocycles. The van der Waals surface area contributed by atoms with Gasteiger partial charge in [-0.3, -0.25) is 0 Å². The third kappa shape index (κ3) is 4.38. The fourth-order valence-electron chi connectivity index (χ4n) is 13.9. The van der Waals surface area contributed by atoms with Crippen molar-refractivity contribution in [2.24, 2.45) is 50.2 Å². The highest BCUT2D eigenvalue weighted by Crippen LogP contribution is 2.77. The van der Waals surface area contributed by atoms with E-state index >= 15 is 0 Å². The number of esters is 1. The van der Waals surface area contributed by atoms with Crippen molar-refractivity contribution in [2.75, 3.05) is 6.61 Å². The number of aliphatic hydroxyl groups excluding tert-OH is 1. The van der Waals surface area contributed by atoms with E-state index in [1.807, 2.05) is 20.8 Å². The summed E-state index contributed by atoms with van der Waals surface area (Å²) < 4.78 is 27.0. The average Bonchev–Trinajstić information content (AvgIpc) is 3.21. The summed E-state index contributed by atoms with van der Waals surface area (Å²) in [5.74, 6) is 0.123. The predicted molar refractivity (Wildman–Crippen MR) is 183 cm³/mol. The van der Waals surface area contributed by atoms with Crippen molar-refractivity contribution >= 4 is 5.97 Å². The molecule has 6 heteroatoms. The maximum atomic E-state index is 13.3. The first-order valence-electron chi connectivity index (χ1n) is 18.8. The SMILES string of the molecule is C/C=C(\C)C(=O)O[C@H]1[C@@H]2OC(C)(C)O[C@@H]3C[C@]4(C)C(=CC[C@@H]5[C@@]6(C)CC[C@@H]7OC(C)(C)C[C@]7(C)[C@@H]6CC[C@]54C)[C@H](CC1(C)C)[C@@]32CO. The van der Waals surface area contributed by atoms with E-state index in [0.717, 1.165) is 32.1 Å². The number of carbonyl (C=O) groups excluding carboxylic acids is 1. The van der Waals surface area contributed by atoms with Gasteiger partial charge in [0.05, 0.1) is 29.8 Å². The predicted octanol–water partition coefficient (Wildman–Crippen LogP) is 8.56. The Hall–Kier alpha value is -1.21. The van der Waals surface area contributed by atoms with Crippen LogP contribution in [0.15, 0.2) is 23.3 Å². The highest BCUT2D eigenvalue weighted by atomic mass is 16.7. The maximum absolute atomic E-state index is 13.3. The minimum Gasteiger partial charge on any atom is -0.456 e. The number of rotatable bonds is 3. The molecule has 6 nitrogen and oxygen atoms in total. The molecule has 0 aromatic rings. The van der Waals surface area contributed by atoms with E-state index in [9.17, 15) is 9.90 Å². The quantitative estimate of drug-likeness (QED) is 0.187. The van der Waals surface area contributed by atoms with Crippen LogP contribution in [0, 0.1) is 50.2 Å². The summed E-state index contributed by atoms with van der Waals surface area (Å²) in [6, 6.07) is 0. The van der Waals surface area contributed by atoms with Gasteiger partial charge in [0.1, 0.15) is 12.2 Å². The molecule has 5 aliphatic carbocycles. The molecule has 7 aliphatic rings. The molecule has 2 aliphatic heterocycles. The maximum Gasteiger partial charge on any atom is 0.333 e. The molecule has 12 atom stereocenters. The summed E-state index contributed by atoms with van der Waals surface area (Å²) in [6.07, 6.45) is 12.3. The van der Waals surface area contributed by atoms with E-state index in [2.05, 4.69) is 61.5 Å². The summed E-state index contributed by atoms with van der Waals surface area (Å²) in [4.78, 5) is 13.3. The zero-order valence-electron chi connectivity index (χ0n) is 31.5. The molecule has 0 radical (unpaired) electrons. The van der Waals surface area contributed by atoms with Crippen molar-refractivity contribution in [1.29, 1.82) is 0 Å². The van der Waals surface area contributed by atoms with E-state index < -0.39 is 23.4 Å². The highest BCUT2D eigenvalue weighted by molar-refractivity contribution is 5.87. The van der Waals surface area contributed by atoms with E-state index in [1.165, 1.54) is 24.8 Å². The lowest BCUT2D eigenvalue weighted by Gasteiger charge is -2.74. The molecule has 4 saturated carbocycles. The fourth-order valence-corrected chi connectivity index (χ4v) is 13.9. The topological polar surface area (TPSA) is 74.2 Å². The van der Waals surface area contributed by atoms with Gasteiger partial charge in [-0.1, -0.05) is 59.3 Å². The molecule has 6 fully saturated rings. The van der Waals surface area contributed by atoms with Gasteiger partial charge in [-0.05, 0) is 132 Å². The minimum atomic E-state index is -0.870. The molecule has 0 spiro atoms. The third-order valence-corrected chi connectivity index (χ3v) is 16.2. The van der Waals surface area contributed by atoms with Gasteiger partial charge < -0.3 is 24.1 Å². The number of fused-ring (bicyclic) bond motifs is 8. The second kappa shape index (κ2) is 10.2. The molecule has 0 amide bonds. The average molecular weight is 653 g/mol. The second-order valence-electron chi connectivity index (χ2n) is 19.9. The molecule has 0 aromatic carbocycles. The number of ether oxygens (including phenoxy) is 4. The van der Waals surface area contributed by atoms with Crippen molar-refractivity contribution in [1.82, 2.24) is 0 Å². The second-order valence-corrected chi connectivity index (χ2v) is 19.9. The van der Waals surface area contributed by atoms with Crippen LogP contribution < -0.4 is 0 Å². The number of aliphatic hydroxyl groups is 1. The molecular formula is C41H64O6. The fraction of sp³-hybridized carbons (Fsp3) is 0.878. The summed E-state index contributed by atoms with van der Waals surface area (Å²) >= 11 is 0. The van der Waals surface area contributed by atoms with E-state index in [4.69, 9.17) is 18.9 Å². The Morgan fingerprint density at radius 3 is 2.28 bits per heavy atom. The number of carbonyl (C=O) groups is 1. The summed E-state index contributed by atoms with van der Waals surface area (Å²) in [7, 11) is 0. The zero-order chi connectivity index (χ0) is 34.4. The molecule has 0 bridgehead atoms. The van der Waals surface area contributed by atoms with Crippen molar-refractivity contribution < 1.29 is 28.8 Å². The van der Waals surface area contributed by atoms with Gasteiger partial charge in [0.25, 0.3) is 0 Å². The normalized spacial score (nSPS) is 52.1. The number of allylic oxidation sites excluding steroid dienone is 3. The smallest absolute Gasteiger partial charge is 0.333 e. The lowest BCUT2D eigenvalue weighted by molar-refractivity contribution is -0.402. The molecule has 2 heterocycles. The van der Waals surface area contributed by atoms with Crippen LogP contribution in [0.3, 0.4) is 0 Å². The first-order valence-corrected chi connectivity index (χ1v) is 18.8. The zero-order valence-corrected chi connectivity index (χ0v) is 31.5. The van der Waals surface area contributed by atoms with Gasteiger partial charge in [-0.2, -0.15) is 0 Å². The summed E-state index contributed by atoms with van der Waals surface area (Å²) in [5, 5.41) is 11.6. The van der Waals surface area contributed by atoms with Crippen molar-refractivity contribution in [3.63, 3.8) is 0 Å². The Bertz CT molecular complexity index is 1390. The van der Waals surface area contributed by atoms with E-state index in [1.54, 1.807) is 13.0 Å². The van der Waals surface area contributed by atoms with Crippen LogP contribution in [0.25, 0.3) is 0 Å². The highest BCUT2D eigenvalue weighted by Gasteiger charge is 2.75. The van der Waals surface area contributed by atoms with Gasteiger partial charge in [-0.25, -0.2) is 4.79 Å². The molecule has 0 unspecified atom stereocenters. The lowest BCUT2D eigenvalue weighted by atomic mass is 9.32. The van der Waals surface area contributed by atoms with E-state index in [-0.39, 0.29) is 57.3 Å². The van der Waals surface area contributed by atoms with Gasteiger partial charge in [0.15, 0.2) is 5.79 Å². The monoisotopic (exact) mass is 652 g/mol. The Labute approximate surface area is 284 Å². The van der Waals surface area contributed by atoms with Gasteiger partial charge >= 0.3 is 5.97 Å².